The van der Waals surface area contributed by atoms with E-state index in [4.69, 9.17) is 0 Å². The number of thiophene rings is 1. The minimum absolute atomic E-state index is 0.0195. The maximum absolute atomic E-state index is 12.6. The molecule has 0 unspecified atom stereocenters. The monoisotopic (exact) mass is 311 g/mol. The maximum Gasteiger partial charge on any atom is 0.325 e. The number of hydrogen-bond acceptors (Lipinski definition) is 4. The summed E-state index contributed by atoms with van der Waals surface area (Å²) in [4.78, 5) is 27.6. The van der Waals surface area contributed by atoms with Gasteiger partial charge in [0.15, 0.2) is 0 Å². The van der Waals surface area contributed by atoms with Crippen LogP contribution in [0.5, 0.6) is 0 Å². The summed E-state index contributed by atoms with van der Waals surface area (Å²) in [5.41, 5.74) is 1.25. The number of rotatable bonds is 8. The molecule has 1 aromatic rings. The predicted octanol–water partition coefficient (Wildman–Crippen LogP) is 3.29. The molecule has 0 atom stereocenters. The number of carbonyl (C=O) groups is 2. The molecule has 0 aromatic carbocycles. The molecular formula is C16H25NO3S. The van der Waals surface area contributed by atoms with Crippen molar-refractivity contribution in [1.82, 2.24) is 4.90 Å². The van der Waals surface area contributed by atoms with Gasteiger partial charge in [0, 0.05) is 11.4 Å². The van der Waals surface area contributed by atoms with E-state index in [9.17, 15) is 9.59 Å². The van der Waals surface area contributed by atoms with Gasteiger partial charge in [-0.2, -0.15) is 0 Å². The van der Waals surface area contributed by atoms with Crippen molar-refractivity contribution in [2.75, 3.05) is 20.2 Å². The van der Waals surface area contributed by atoms with Crippen LogP contribution in [0.15, 0.2) is 6.07 Å². The Morgan fingerprint density at radius 2 is 1.95 bits per heavy atom. The first kappa shape index (κ1) is 17.7. The second-order valence-electron chi connectivity index (χ2n) is 4.97. The highest BCUT2D eigenvalue weighted by Crippen LogP contribution is 2.26. The van der Waals surface area contributed by atoms with Crippen molar-refractivity contribution >= 4 is 23.2 Å². The SMILES string of the molecule is CCCc1sc(C(=O)N(CCC)CC(=O)OC)cc1CC. The summed E-state index contributed by atoms with van der Waals surface area (Å²) in [5, 5.41) is 0. The number of nitrogens with zero attached hydrogens (tertiary/aromatic N) is 1. The van der Waals surface area contributed by atoms with Crippen molar-refractivity contribution < 1.29 is 14.3 Å². The molecule has 1 rings (SSSR count). The number of methoxy groups -OCH3 is 1. The van der Waals surface area contributed by atoms with Crippen molar-refractivity contribution in [2.45, 2.75) is 46.5 Å². The minimum Gasteiger partial charge on any atom is -0.468 e. The van der Waals surface area contributed by atoms with E-state index < -0.39 is 0 Å². The Kier molecular flexibility index (Phi) is 7.43. The number of carbonyl (C=O) groups excluding carboxylic acids is 2. The van der Waals surface area contributed by atoms with Gasteiger partial charge in [-0.1, -0.05) is 27.2 Å². The van der Waals surface area contributed by atoms with Gasteiger partial charge < -0.3 is 9.64 Å². The van der Waals surface area contributed by atoms with Gasteiger partial charge in [-0.15, -0.1) is 11.3 Å². The van der Waals surface area contributed by atoms with Crippen LogP contribution in [0.4, 0.5) is 0 Å². The lowest BCUT2D eigenvalue weighted by molar-refractivity contribution is -0.141. The number of aryl methyl sites for hydroxylation is 2. The van der Waals surface area contributed by atoms with Crippen LogP contribution in [-0.4, -0.2) is 37.0 Å². The second-order valence-corrected chi connectivity index (χ2v) is 6.10. The molecule has 0 N–H and O–H groups in total. The Morgan fingerprint density at radius 1 is 1.24 bits per heavy atom. The van der Waals surface area contributed by atoms with Crippen molar-refractivity contribution in [1.29, 1.82) is 0 Å². The first-order valence-corrected chi connectivity index (χ1v) is 8.36. The van der Waals surface area contributed by atoms with E-state index >= 15 is 0 Å². The third-order valence-electron chi connectivity index (χ3n) is 3.29. The first-order chi connectivity index (χ1) is 10.1. The average Bonchev–Trinajstić information content (AvgIpc) is 2.89. The molecule has 0 aliphatic rings. The standard InChI is InChI=1S/C16H25NO3S/c1-5-8-13-12(7-3)10-14(21-13)16(19)17(9-6-2)11-15(18)20-4/h10H,5-9,11H2,1-4H3. The highest BCUT2D eigenvalue weighted by molar-refractivity contribution is 7.14. The van der Waals surface area contributed by atoms with Gasteiger partial charge in [0.05, 0.1) is 12.0 Å². The molecule has 0 aliphatic carbocycles. The molecule has 1 heterocycles. The van der Waals surface area contributed by atoms with E-state index in [-0.39, 0.29) is 18.4 Å². The van der Waals surface area contributed by atoms with Crippen LogP contribution in [-0.2, 0) is 22.4 Å². The molecule has 4 nitrogen and oxygen atoms in total. The molecule has 118 valence electrons. The first-order valence-electron chi connectivity index (χ1n) is 7.54. The minimum atomic E-state index is -0.377. The van der Waals surface area contributed by atoms with E-state index in [2.05, 4.69) is 18.6 Å². The van der Waals surface area contributed by atoms with E-state index in [1.54, 1.807) is 16.2 Å². The summed E-state index contributed by atoms with van der Waals surface area (Å²) < 4.78 is 4.67. The Balaban J connectivity index is 2.94. The molecule has 1 amide bonds. The van der Waals surface area contributed by atoms with Crippen LogP contribution in [0.25, 0.3) is 0 Å². The Morgan fingerprint density at radius 3 is 2.48 bits per heavy atom. The largest absolute Gasteiger partial charge is 0.468 e. The zero-order chi connectivity index (χ0) is 15.8. The zero-order valence-corrected chi connectivity index (χ0v) is 14.2. The third kappa shape index (κ3) is 4.84. The summed E-state index contributed by atoms with van der Waals surface area (Å²) in [5.74, 6) is -0.442. The molecule has 0 fully saturated rings. The fraction of sp³-hybridized carbons (Fsp3) is 0.625. The van der Waals surface area contributed by atoms with E-state index in [0.717, 1.165) is 30.6 Å². The number of amides is 1. The van der Waals surface area contributed by atoms with E-state index in [1.165, 1.54) is 17.6 Å². The summed E-state index contributed by atoms with van der Waals surface area (Å²) in [6.07, 6.45) is 3.83. The maximum atomic E-state index is 12.6. The topological polar surface area (TPSA) is 46.6 Å². The number of ether oxygens (including phenoxy) is 1. The summed E-state index contributed by atoms with van der Waals surface area (Å²) in [6.45, 7) is 6.82. The lowest BCUT2D eigenvalue weighted by atomic mass is 10.1. The van der Waals surface area contributed by atoms with Gasteiger partial charge in [-0.05, 0) is 30.9 Å². The lowest BCUT2D eigenvalue weighted by Gasteiger charge is -2.19. The Hall–Kier alpha value is -1.36. The molecule has 5 heteroatoms. The molecule has 0 radical (unpaired) electrons. The average molecular weight is 311 g/mol. The molecule has 1 aromatic heterocycles. The highest BCUT2D eigenvalue weighted by atomic mass is 32.1. The van der Waals surface area contributed by atoms with Crippen molar-refractivity contribution in [3.63, 3.8) is 0 Å². The van der Waals surface area contributed by atoms with Crippen molar-refractivity contribution in [3.8, 4) is 0 Å². The summed E-state index contributed by atoms with van der Waals surface area (Å²) in [7, 11) is 1.34. The zero-order valence-electron chi connectivity index (χ0n) is 13.4. The molecule has 0 aliphatic heterocycles. The third-order valence-corrected chi connectivity index (χ3v) is 4.52. The number of hydrogen-bond donors (Lipinski definition) is 0. The van der Waals surface area contributed by atoms with Crippen LogP contribution in [0, 0.1) is 0 Å². The van der Waals surface area contributed by atoms with E-state index in [0.29, 0.717) is 6.54 Å². The molecule has 21 heavy (non-hydrogen) atoms. The van der Waals surface area contributed by atoms with Gasteiger partial charge in [-0.3, -0.25) is 9.59 Å². The van der Waals surface area contributed by atoms with Gasteiger partial charge in [0.25, 0.3) is 5.91 Å². The molecule has 0 saturated carbocycles. The van der Waals surface area contributed by atoms with Crippen LogP contribution in [0.1, 0.15) is 53.7 Å². The second kappa shape index (κ2) is 8.82. The molecular weight excluding hydrogens is 286 g/mol. The summed E-state index contributed by atoms with van der Waals surface area (Å²) >= 11 is 1.56. The fourth-order valence-corrected chi connectivity index (χ4v) is 3.53. The van der Waals surface area contributed by atoms with Gasteiger partial charge in [0.2, 0.25) is 0 Å². The molecule has 0 bridgehead atoms. The smallest absolute Gasteiger partial charge is 0.325 e. The Labute approximate surface area is 131 Å². The van der Waals surface area contributed by atoms with Crippen LogP contribution < -0.4 is 0 Å². The number of esters is 1. The normalized spacial score (nSPS) is 10.5. The fourth-order valence-electron chi connectivity index (χ4n) is 2.21. The van der Waals surface area contributed by atoms with E-state index in [1.807, 2.05) is 13.0 Å². The van der Waals surface area contributed by atoms with Gasteiger partial charge >= 0.3 is 5.97 Å². The van der Waals surface area contributed by atoms with Gasteiger partial charge in [-0.25, -0.2) is 0 Å². The van der Waals surface area contributed by atoms with Gasteiger partial charge in [0.1, 0.15) is 6.54 Å². The van der Waals surface area contributed by atoms with Crippen molar-refractivity contribution in [3.05, 3.63) is 21.4 Å². The molecule has 0 spiro atoms. The van der Waals surface area contributed by atoms with Crippen LogP contribution in [0.2, 0.25) is 0 Å². The molecule has 0 saturated heterocycles. The van der Waals surface area contributed by atoms with Crippen molar-refractivity contribution in [2.24, 2.45) is 0 Å². The van der Waals surface area contributed by atoms with Crippen LogP contribution in [0.3, 0.4) is 0 Å². The van der Waals surface area contributed by atoms with Crippen LogP contribution >= 0.6 is 11.3 Å². The highest BCUT2D eigenvalue weighted by Gasteiger charge is 2.21. The Bertz CT molecular complexity index is 482. The lowest BCUT2D eigenvalue weighted by Crippen LogP contribution is -2.36. The quantitative estimate of drug-likeness (QED) is 0.692. The predicted molar refractivity (Wildman–Crippen MR) is 85.9 cm³/mol. The summed E-state index contributed by atoms with van der Waals surface area (Å²) in [6, 6.07) is 1.98.